The Bertz CT molecular complexity index is 1030. The van der Waals surface area contributed by atoms with Crippen molar-refractivity contribution in [1.29, 1.82) is 0 Å². The predicted molar refractivity (Wildman–Crippen MR) is 128 cm³/mol. The number of carboxylic acid groups (broad SMARTS) is 1. The lowest BCUT2D eigenvalue weighted by Crippen LogP contribution is -2.74. The lowest BCUT2D eigenvalue weighted by atomic mass is 9.89. The molecule has 10 nitrogen and oxygen atoms in total. The molecule has 0 aliphatic carbocycles. The molecular formula is C17H20N6O4S5. The van der Waals surface area contributed by atoms with Crippen LogP contribution in [0.15, 0.2) is 9.72 Å². The van der Waals surface area contributed by atoms with Gasteiger partial charge in [-0.05, 0) is 6.26 Å². The molecule has 2 aromatic rings. The van der Waals surface area contributed by atoms with E-state index in [-0.39, 0.29) is 30.2 Å². The number of thioether (sulfide) groups is 3. The fraction of sp³-hybridized carbons (Fsp3) is 0.529. The second-order valence-electron chi connectivity index (χ2n) is 7.34. The average Bonchev–Trinajstić information content (AvgIpc) is 3.39. The van der Waals surface area contributed by atoms with Gasteiger partial charge in [0.25, 0.3) is 0 Å². The molecule has 2 aliphatic rings. The molecule has 2 saturated heterocycles. The Hall–Kier alpha value is -1.55. The van der Waals surface area contributed by atoms with Crippen molar-refractivity contribution >= 4 is 80.9 Å². The average molecular weight is 533 g/mol. The van der Waals surface area contributed by atoms with E-state index < -0.39 is 17.4 Å². The highest BCUT2D eigenvalue weighted by molar-refractivity contribution is 8.01. The van der Waals surface area contributed by atoms with E-state index in [0.29, 0.717) is 22.3 Å². The molecule has 2 aromatic heterocycles. The number of rotatable bonds is 9. The van der Waals surface area contributed by atoms with Crippen LogP contribution < -0.4 is 11.1 Å². The number of nitrogens with one attached hydrogen (secondary N) is 1. The molecule has 2 amide bonds. The van der Waals surface area contributed by atoms with E-state index in [4.69, 9.17) is 5.73 Å². The molecular weight excluding hydrogens is 513 g/mol. The van der Waals surface area contributed by atoms with Crippen LogP contribution in [0.1, 0.15) is 10.7 Å². The molecule has 172 valence electrons. The number of hydrogen-bond donors (Lipinski definition) is 3. The van der Waals surface area contributed by atoms with Crippen molar-refractivity contribution in [2.24, 2.45) is 5.41 Å². The van der Waals surface area contributed by atoms with Crippen molar-refractivity contribution in [3.8, 4) is 0 Å². The molecule has 3 atom stereocenters. The van der Waals surface area contributed by atoms with Gasteiger partial charge in [0.15, 0.2) is 9.47 Å². The zero-order chi connectivity index (χ0) is 22.9. The minimum absolute atomic E-state index is 0.0466. The van der Waals surface area contributed by atoms with Gasteiger partial charge >= 0.3 is 5.97 Å². The minimum Gasteiger partial charge on any atom is -0.481 e. The maximum Gasteiger partial charge on any atom is 0.313 e. The van der Waals surface area contributed by atoms with Crippen LogP contribution in [-0.2, 0) is 26.6 Å². The first kappa shape index (κ1) is 23.6. The summed E-state index contributed by atoms with van der Waals surface area (Å²) in [6.45, 7) is 0.108. The van der Waals surface area contributed by atoms with Gasteiger partial charge in [-0.1, -0.05) is 23.1 Å². The van der Waals surface area contributed by atoms with Crippen molar-refractivity contribution in [3.63, 3.8) is 0 Å². The third-order valence-corrected chi connectivity index (χ3v) is 10.4. The first-order valence-corrected chi connectivity index (χ1v) is 14.5. The van der Waals surface area contributed by atoms with Gasteiger partial charge < -0.3 is 21.1 Å². The molecule has 0 aromatic carbocycles. The number of amides is 2. The van der Waals surface area contributed by atoms with E-state index in [0.717, 1.165) is 15.1 Å². The van der Waals surface area contributed by atoms with Crippen LogP contribution in [0.4, 0.5) is 5.13 Å². The summed E-state index contributed by atoms with van der Waals surface area (Å²) in [7, 11) is 0. The van der Waals surface area contributed by atoms with Crippen LogP contribution in [-0.4, -0.2) is 78.7 Å². The predicted octanol–water partition coefficient (Wildman–Crippen LogP) is 1.25. The van der Waals surface area contributed by atoms with Crippen molar-refractivity contribution < 1.29 is 19.5 Å². The van der Waals surface area contributed by atoms with E-state index in [1.54, 1.807) is 22.0 Å². The van der Waals surface area contributed by atoms with Crippen LogP contribution >= 0.6 is 58.0 Å². The molecule has 0 radical (unpaired) electrons. The van der Waals surface area contributed by atoms with E-state index >= 15 is 0 Å². The Balaban J connectivity index is 1.35. The highest BCUT2D eigenvalue weighted by Crippen LogP contribution is 2.44. The first-order valence-electron chi connectivity index (χ1n) is 9.40. The second kappa shape index (κ2) is 9.75. The van der Waals surface area contributed by atoms with Gasteiger partial charge in [0.05, 0.1) is 12.1 Å². The van der Waals surface area contributed by atoms with Gasteiger partial charge in [-0.2, -0.15) is 11.8 Å². The number of nitrogen functional groups attached to an aromatic ring is 1. The summed E-state index contributed by atoms with van der Waals surface area (Å²) in [4.78, 5) is 42.8. The molecule has 0 spiro atoms. The number of anilines is 1. The fourth-order valence-electron chi connectivity index (χ4n) is 3.38. The molecule has 0 bridgehead atoms. The van der Waals surface area contributed by atoms with Crippen molar-refractivity contribution in [1.82, 2.24) is 25.4 Å². The Labute approximate surface area is 204 Å². The summed E-state index contributed by atoms with van der Waals surface area (Å²) >= 11 is 7.12. The van der Waals surface area contributed by atoms with Gasteiger partial charge in [-0.3, -0.25) is 14.4 Å². The van der Waals surface area contributed by atoms with E-state index in [1.807, 2.05) is 6.26 Å². The number of aliphatic carboxylic acids is 1. The number of thiazole rings is 1. The third-order valence-electron chi connectivity index (χ3n) is 5.01. The molecule has 0 saturated carbocycles. The first-order chi connectivity index (χ1) is 15.3. The van der Waals surface area contributed by atoms with Gasteiger partial charge in [0.2, 0.25) is 11.8 Å². The molecule has 4 N–H and O–H groups in total. The second-order valence-corrected chi connectivity index (χ2v) is 12.5. The zero-order valence-corrected chi connectivity index (χ0v) is 20.9. The molecule has 32 heavy (non-hydrogen) atoms. The van der Waals surface area contributed by atoms with Crippen LogP contribution in [0, 0.1) is 5.41 Å². The summed E-state index contributed by atoms with van der Waals surface area (Å²) in [6.07, 6.45) is 2.03. The van der Waals surface area contributed by atoms with Crippen LogP contribution in [0.3, 0.4) is 0 Å². The van der Waals surface area contributed by atoms with Crippen LogP contribution in [0.5, 0.6) is 0 Å². The Morgan fingerprint density at radius 2 is 2.25 bits per heavy atom. The maximum atomic E-state index is 12.7. The van der Waals surface area contributed by atoms with Crippen LogP contribution in [0.2, 0.25) is 0 Å². The Morgan fingerprint density at radius 1 is 1.44 bits per heavy atom. The van der Waals surface area contributed by atoms with Crippen molar-refractivity contribution in [3.05, 3.63) is 16.1 Å². The quantitative estimate of drug-likeness (QED) is 0.316. The summed E-state index contributed by atoms with van der Waals surface area (Å²) in [5, 5.41) is 23.7. The van der Waals surface area contributed by atoms with E-state index in [9.17, 15) is 19.5 Å². The molecule has 2 fully saturated rings. The molecule has 4 heterocycles. The number of nitrogens with zero attached hydrogens (tertiary/aromatic N) is 4. The summed E-state index contributed by atoms with van der Waals surface area (Å²) in [5.74, 6) is -0.104. The third kappa shape index (κ3) is 4.85. The molecule has 2 aliphatic heterocycles. The Kier molecular flexibility index (Phi) is 7.19. The van der Waals surface area contributed by atoms with Gasteiger partial charge in [0, 0.05) is 29.2 Å². The van der Waals surface area contributed by atoms with Gasteiger partial charge in [-0.15, -0.1) is 33.3 Å². The number of hydrogen-bond acceptors (Lipinski definition) is 12. The largest absolute Gasteiger partial charge is 0.481 e. The SMILES string of the molecule is CSCc1nnc(SCC2(C(=O)O)CS[C@@H]3C(NC(=O)Cc4csc(N)n4)C(=O)N3C2)s1. The van der Waals surface area contributed by atoms with E-state index in [2.05, 4.69) is 20.5 Å². The number of carboxylic acids is 1. The lowest BCUT2D eigenvalue weighted by Gasteiger charge is -2.53. The molecule has 15 heteroatoms. The smallest absolute Gasteiger partial charge is 0.313 e. The van der Waals surface area contributed by atoms with E-state index in [1.165, 1.54) is 46.2 Å². The van der Waals surface area contributed by atoms with Crippen LogP contribution in [0.25, 0.3) is 0 Å². The number of fused-ring (bicyclic) bond motifs is 1. The summed E-state index contributed by atoms with van der Waals surface area (Å²) < 4.78 is 0.726. The maximum absolute atomic E-state index is 12.7. The van der Waals surface area contributed by atoms with Gasteiger partial charge in [-0.25, -0.2) is 4.98 Å². The summed E-state index contributed by atoms with van der Waals surface area (Å²) in [6, 6.07) is -0.653. The lowest BCUT2D eigenvalue weighted by molar-refractivity contribution is -0.157. The Morgan fingerprint density at radius 3 is 2.94 bits per heavy atom. The van der Waals surface area contributed by atoms with Gasteiger partial charge in [0.1, 0.15) is 21.8 Å². The number of carbonyl (C=O) groups excluding carboxylic acids is 2. The topological polar surface area (TPSA) is 151 Å². The number of aromatic nitrogens is 3. The number of carbonyl (C=O) groups is 3. The monoisotopic (exact) mass is 532 g/mol. The normalized spacial score (nSPS) is 24.7. The van der Waals surface area contributed by atoms with Crippen molar-refractivity contribution in [2.45, 2.75) is 27.9 Å². The summed E-state index contributed by atoms with van der Waals surface area (Å²) in [5.41, 5.74) is 5.06. The van der Waals surface area contributed by atoms with Crippen molar-refractivity contribution in [2.75, 3.05) is 30.0 Å². The highest BCUT2D eigenvalue weighted by atomic mass is 32.2. The standard InChI is InChI=1S/C17H20N6O4S5/c1-28-4-10-21-22-16(32-10)31-7-17(14(26)27)5-23-12(25)11(13(23)30-6-17)20-9(24)2-8-3-29-15(18)19-8/h3,11,13H,2,4-7H2,1H3,(H2,18,19)(H,20,24)(H,26,27)/t11?,13-,17?/m1/s1. The molecule has 2 unspecified atom stereocenters. The molecule has 4 rings (SSSR count). The minimum atomic E-state index is -1.08. The fourth-order valence-corrected chi connectivity index (χ4v) is 8.39. The number of nitrogens with two attached hydrogens (primary N) is 1. The zero-order valence-electron chi connectivity index (χ0n) is 16.8. The number of β-lactam (4-membered cyclic amide) rings is 1. The highest BCUT2D eigenvalue weighted by Gasteiger charge is 2.57.